The Bertz CT molecular complexity index is 915. The molecule has 0 bridgehead atoms. The van der Waals surface area contributed by atoms with Gasteiger partial charge in [0.15, 0.2) is 5.69 Å². The average molecular weight is 301 g/mol. The fourth-order valence-electron chi connectivity index (χ4n) is 1.95. The van der Waals surface area contributed by atoms with Gasteiger partial charge in [-0.05, 0) is 18.2 Å². The van der Waals surface area contributed by atoms with Gasteiger partial charge in [-0.3, -0.25) is 0 Å². The number of rotatable bonds is 3. The second kappa shape index (κ2) is 5.02. The van der Waals surface area contributed by atoms with Crippen molar-refractivity contribution in [1.82, 2.24) is 4.98 Å². The van der Waals surface area contributed by atoms with Crippen molar-refractivity contribution >= 4 is 26.6 Å². The van der Waals surface area contributed by atoms with Crippen molar-refractivity contribution in [2.45, 2.75) is 4.90 Å². The van der Waals surface area contributed by atoms with Crippen LogP contribution in [0.1, 0.15) is 0 Å². The topological polar surface area (TPSA) is 94.9 Å². The summed E-state index contributed by atoms with van der Waals surface area (Å²) >= 11 is 0. The van der Waals surface area contributed by atoms with Crippen molar-refractivity contribution in [1.29, 1.82) is 0 Å². The Hall–Kier alpha value is -2.67. The van der Waals surface area contributed by atoms with E-state index in [1.54, 1.807) is 42.5 Å². The van der Waals surface area contributed by atoms with Gasteiger partial charge in [-0.25, -0.2) is 0 Å². The summed E-state index contributed by atoms with van der Waals surface area (Å²) in [4.78, 5) is 2.76. The Morgan fingerprint density at radius 2 is 1.62 bits per heavy atom. The standard InChI is InChI=1S/C14H11N3O3S/c18-14-13(11-8-4-5-9-12(11)15-14)16-17-21(19,20)10-6-2-1-3-7-10/h1-9,15,18H. The van der Waals surface area contributed by atoms with Gasteiger partial charge in [-0.1, -0.05) is 40.9 Å². The Labute approximate surface area is 120 Å². The molecule has 0 spiro atoms. The van der Waals surface area contributed by atoms with E-state index >= 15 is 0 Å². The first-order valence-corrected chi connectivity index (χ1v) is 7.55. The Morgan fingerprint density at radius 3 is 2.38 bits per heavy atom. The zero-order valence-electron chi connectivity index (χ0n) is 10.8. The number of aromatic hydroxyl groups is 1. The van der Waals surface area contributed by atoms with Crippen LogP contribution in [0.4, 0.5) is 5.69 Å². The molecule has 0 aliphatic rings. The monoisotopic (exact) mass is 301 g/mol. The van der Waals surface area contributed by atoms with Gasteiger partial charge in [-0.2, -0.15) is 8.42 Å². The van der Waals surface area contributed by atoms with Gasteiger partial charge in [0.2, 0.25) is 5.88 Å². The highest BCUT2D eigenvalue weighted by molar-refractivity contribution is 7.90. The average Bonchev–Trinajstić information content (AvgIpc) is 2.81. The lowest BCUT2D eigenvalue weighted by molar-refractivity contribution is 0.459. The van der Waals surface area contributed by atoms with E-state index in [2.05, 4.69) is 14.6 Å². The fraction of sp³-hybridized carbons (Fsp3) is 0. The molecule has 2 N–H and O–H groups in total. The molecule has 6 nitrogen and oxygen atoms in total. The summed E-state index contributed by atoms with van der Waals surface area (Å²) in [6, 6.07) is 14.8. The third kappa shape index (κ3) is 2.50. The van der Waals surface area contributed by atoms with Crippen LogP contribution in [-0.2, 0) is 10.0 Å². The molecule has 0 unspecified atom stereocenters. The molecule has 0 aliphatic heterocycles. The lowest BCUT2D eigenvalue weighted by atomic mass is 10.2. The van der Waals surface area contributed by atoms with Gasteiger partial charge in [-0.15, -0.1) is 5.11 Å². The first kappa shape index (κ1) is 13.3. The molecule has 0 aliphatic carbocycles. The highest BCUT2D eigenvalue weighted by Gasteiger charge is 2.14. The number of sulfonamides is 1. The zero-order valence-corrected chi connectivity index (χ0v) is 11.6. The molecule has 1 aromatic heterocycles. The van der Waals surface area contributed by atoms with E-state index in [9.17, 15) is 13.5 Å². The van der Waals surface area contributed by atoms with E-state index in [4.69, 9.17) is 0 Å². The van der Waals surface area contributed by atoms with Gasteiger partial charge in [0.1, 0.15) is 0 Å². The van der Waals surface area contributed by atoms with Crippen LogP contribution in [0.15, 0.2) is 69.1 Å². The van der Waals surface area contributed by atoms with E-state index in [1.165, 1.54) is 12.1 Å². The molecular formula is C14H11N3O3S. The van der Waals surface area contributed by atoms with Crippen LogP contribution in [0.25, 0.3) is 10.9 Å². The number of H-pyrrole nitrogens is 1. The van der Waals surface area contributed by atoms with E-state index in [1.807, 2.05) is 0 Å². The highest BCUT2D eigenvalue weighted by atomic mass is 32.2. The number of nitrogens with zero attached hydrogens (tertiary/aromatic N) is 2. The molecule has 1 heterocycles. The summed E-state index contributed by atoms with van der Waals surface area (Å²) in [5.74, 6) is -0.219. The maximum absolute atomic E-state index is 12.0. The number of aromatic nitrogens is 1. The van der Waals surface area contributed by atoms with E-state index in [0.717, 1.165) is 0 Å². The van der Waals surface area contributed by atoms with Crippen LogP contribution in [0.2, 0.25) is 0 Å². The molecule has 21 heavy (non-hydrogen) atoms. The minimum Gasteiger partial charge on any atom is -0.493 e. The molecule has 0 atom stereocenters. The van der Waals surface area contributed by atoms with Gasteiger partial charge < -0.3 is 10.1 Å². The normalized spacial score (nSPS) is 12.2. The minimum atomic E-state index is -3.89. The number of hydrogen-bond donors (Lipinski definition) is 2. The molecule has 0 saturated carbocycles. The van der Waals surface area contributed by atoms with Gasteiger partial charge >= 0.3 is 0 Å². The molecule has 0 amide bonds. The molecule has 3 rings (SSSR count). The van der Waals surface area contributed by atoms with Crippen LogP contribution < -0.4 is 0 Å². The zero-order chi connectivity index (χ0) is 14.9. The third-order valence-electron chi connectivity index (χ3n) is 2.95. The Kier molecular flexibility index (Phi) is 3.19. The van der Waals surface area contributed by atoms with Crippen LogP contribution in [0.5, 0.6) is 5.88 Å². The fourth-order valence-corrected chi connectivity index (χ4v) is 2.73. The van der Waals surface area contributed by atoms with Crippen LogP contribution in [0.3, 0.4) is 0 Å². The van der Waals surface area contributed by atoms with E-state index < -0.39 is 10.0 Å². The summed E-state index contributed by atoms with van der Waals surface area (Å²) in [6.07, 6.45) is 0. The number of hydrogen-bond acceptors (Lipinski definition) is 4. The number of nitrogens with one attached hydrogen (secondary N) is 1. The Morgan fingerprint density at radius 1 is 0.952 bits per heavy atom. The lowest BCUT2D eigenvalue weighted by Gasteiger charge is -1.96. The predicted octanol–water partition coefficient (Wildman–Crippen LogP) is 3.35. The van der Waals surface area contributed by atoms with Crippen molar-refractivity contribution in [2.75, 3.05) is 0 Å². The first-order chi connectivity index (χ1) is 10.1. The first-order valence-electron chi connectivity index (χ1n) is 6.11. The number of aromatic amines is 1. The summed E-state index contributed by atoms with van der Waals surface area (Å²) in [6.45, 7) is 0. The summed E-state index contributed by atoms with van der Waals surface area (Å²) < 4.78 is 27.4. The van der Waals surface area contributed by atoms with Crippen molar-refractivity contribution in [2.24, 2.45) is 9.63 Å². The third-order valence-corrected chi connectivity index (χ3v) is 4.11. The molecular weight excluding hydrogens is 290 g/mol. The van der Waals surface area contributed by atoms with Crippen LogP contribution in [-0.4, -0.2) is 18.5 Å². The summed E-state index contributed by atoms with van der Waals surface area (Å²) in [7, 11) is -3.89. The minimum absolute atomic E-state index is 0.0491. The number of para-hydroxylation sites is 1. The number of benzene rings is 2. The van der Waals surface area contributed by atoms with Gasteiger partial charge in [0.05, 0.1) is 10.4 Å². The van der Waals surface area contributed by atoms with E-state index in [-0.39, 0.29) is 16.5 Å². The molecule has 7 heteroatoms. The number of fused-ring (bicyclic) bond motifs is 1. The van der Waals surface area contributed by atoms with Crippen molar-refractivity contribution in [3.8, 4) is 5.88 Å². The molecule has 0 radical (unpaired) electrons. The quantitative estimate of drug-likeness (QED) is 0.726. The van der Waals surface area contributed by atoms with Crippen LogP contribution >= 0.6 is 0 Å². The van der Waals surface area contributed by atoms with Crippen molar-refractivity contribution in [3.63, 3.8) is 0 Å². The van der Waals surface area contributed by atoms with Gasteiger partial charge in [0, 0.05) is 5.39 Å². The Balaban J connectivity index is 2.04. The van der Waals surface area contributed by atoms with Gasteiger partial charge in [0.25, 0.3) is 10.0 Å². The molecule has 0 saturated heterocycles. The highest BCUT2D eigenvalue weighted by Crippen LogP contribution is 2.35. The molecule has 3 aromatic rings. The van der Waals surface area contributed by atoms with Crippen LogP contribution in [0, 0.1) is 0 Å². The second-order valence-electron chi connectivity index (χ2n) is 4.34. The lowest BCUT2D eigenvalue weighted by Crippen LogP contribution is -1.94. The predicted molar refractivity (Wildman–Crippen MR) is 78.1 cm³/mol. The molecule has 106 valence electrons. The SMILES string of the molecule is O=S(=O)(N=Nc1c(O)[nH]c2ccccc12)c1ccccc1. The largest absolute Gasteiger partial charge is 0.493 e. The smallest absolute Gasteiger partial charge is 0.299 e. The summed E-state index contributed by atoms with van der Waals surface area (Å²) in [5, 5.41) is 14.1. The molecule has 2 aromatic carbocycles. The van der Waals surface area contributed by atoms with Crippen molar-refractivity contribution < 1.29 is 13.5 Å². The maximum Gasteiger partial charge on any atom is 0.299 e. The molecule has 0 fully saturated rings. The van der Waals surface area contributed by atoms with Crippen molar-refractivity contribution in [3.05, 3.63) is 54.6 Å². The van der Waals surface area contributed by atoms with E-state index in [0.29, 0.717) is 10.9 Å². The second-order valence-corrected chi connectivity index (χ2v) is 5.92. The maximum atomic E-state index is 12.0. The summed E-state index contributed by atoms with van der Waals surface area (Å²) in [5.41, 5.74) is 0.756.